The number of carbonyl (C=O) groups excluding carboxylic acids is 1. The minimum atomic E-state index is -0.484. The highest BCUT2D eigenvalue weighted by molar-refractivity contribution is 5.86. The third-order valence-electron chi connectivity index (χ3n) is 2.60. The van der Waals surface area contributed by atoms with Crippen LogP contribution in [0.5, 0.6) is 0 Å². The average molecular weight is 264 g/mol. The van der Waals surface area contributed by atoms with Crippen molar-refractivity contribution in [2.75, 3.05) is 18.9 Å². The van der Waals surface area contributed by atoms with Crippen molar-refractivity contribution in [3.05, 3.63) is 29.3 Å². The second-order valence-corrected chi connectivity index (χ2v) is 5.63. The first-order valence-electron chi connectivity index (χ1n) is 6.56. The number of aryl methyl sites for hydroxylation is 1. The predicted octanol–water partition coefficient (Wildman–Crippen LogP) is 3.10. The summed E-state index contributed by atoms with van der Waals surface area (Å²) in [6, 6.07) is 6.08. The smallest absolute Gasteiger partial charge is 0.412 e. The van der Waals surface area contributed by atoms with Gasteiger partial charge in [-0.3, -0.25) is 5.32 Å². The van der Waals surface area contributed by atoms with Gasteiger partial charge in [-0.05, 0) is 64.9 Å². The third-order valence-corrected chi connectivity index (χ3v) is 2.60. The normalized spacial score (nSPS) is 11.2. The first-order valence-corrected chi connectivity index (χ1v) is 6.56. The zero-order valence-electron chi connectivity index (χ0n) is 12.5. The van der Waals surface area contributed by atoms with Crippen molar-refractivity contribution in [2.24, 2.45) is 0 Å². The molecule has 0 aromatic heterocycles. The SMILES string of the molecule is CNCCc1ccc(C)c(NC(=O)OC(C)(C)C)c1. The van der Waals surface area contributed by atoms with Crippen LogP contribution in [-0.2, 0) is 11.2 Å². The van der Waals surface area contributed by atoms with Crippen LogP contribution in [-0.4, -0.2) is 25.3 Å². The Morgan fingerprint density at radius 1 is 1.32 bits per heavy atom. The summed E-state index contributed by atoms with van der Waals surface area (Å²) in [5.41, 5.74) is 2.54. The molecule has 0 radical (unpaired) electrons. The predicted molar refractivity (Wildman–Crippen MR) is 78.7 cm³/mol. The van der Waals surface area contributed by atoms with E-state index in [9.17, 15) is 4.79 Å². The molecule has 1 rings (SSSR count). The van der Waals surface area contributed by atoms with Crippen LogP contribution in [0.15, 0.2) is 18.2 Å². The lowest BCUT2D eigenvalue weighted by atomic mass is 10.1. The summed E-state index contributed by atoms with van der Waals surface area (Å²) >= 11 is 0. The molecule has 0 saturated carbocycles. The van der Waals surface area contributed by atoms with Crippen LogP contribution in [0.2, 0.25) is 0 Å². The van der Waals surface area contributed by atoms with Gasteiger partial charge in [-0.2, -0.15) is 0 Å². The molecule has 19 heavy (non-hydrogen) atoms. The molecule has 0 atom stereocenters. The molecule has 0 unspecified atom stereocenters. The Morgan fingerprint density at radius 3 is 2.58 bits per heavy atom. The third kappa shape index (κ3) is 5.75. The maximum absolute atomic E-state index is 11.8. The van der Waals surface area contributed by atoms with Crippen molar-refractivity contribution in [3.8, 4) is 0 Å². The average Bonchev–Trinajstić information content (AvgIpc) is 2.27. The van der Waals surface area contributed by atoms with E-state index in [1.165, 1.54) is 5.56 Å². The number of likely N-dealkylation sites (N-methyl/N-ethyl adjacent to an activating group) is 1. The van der Waals surface area contributed by atoms with Crippen molar-refractivity contribution in [2.45, 2.75) is 39.7 Å². The summed E-state index contributed by atoms with van der Waals surface area (Å²) in [5, 5.41) is 5.91. The molecule has 4 nitrogen and oxygen atoms in total. The van der Waals surface area contributed by atoms with Gasteiger partial charge < -0.3 is 10.1 Å². The Morgan fingerprint density at radius 2 is 2.00 bits per heavy atom. The van der Waals surface area contributed by atoms with Gasteiger partial charge in [-0.15, -0.1) is 0 Å². The van der Waals surface area contributed by atoms with Crippen molar-refractivity contribution in [1.82, 2.24) is 5.32 Å². The van der Waals surface area contributed by atoms with E-state index in [2.05, 4.69) is 16.7 Å². The van der Waals surface area contributed by atoms with E-state index in [4.69, 9.17) is 4.74 Å². The van der Waals surface area contributed by atoms with Crippen molar-refractivity contribution < 1.29 is 9.53 Å². The fourth-order valence-electron chi connectivity index (χ4n) is 1.64. The molecule has 2 N–H and O–H groups in total. The number of ether oxygens (including phenoxy) is 1. The lowest BCUT2D eigenvalue weighted by Gasteiger charge is -2.20. The maximum Gasteiger partial charge on any atom is 0.412 e. The van der Waals surface area contributed by atoms with Crippen LogP contribution in [0.1, 0.15) is 31.9 Å². The van der Waals surface area contributed by atoms with Gasteiger partial charge in [0.25, 0.3) is 0 Å². The quantitative estimate of drug-likeness (QED) is 0.878. The topological polar surface area (TPSA) is 50.4 Å². The Bertz CT molecular complexity index is 436. The van der Waals surface area contributed by atoms with Gasteiger partial charge in [0, 0.05) is 5.69 Å². The van der Waals surface area contributed by atoms with E-state index in [-0.39, 0.29) is 0 Å². The molecule has 0 bridgehead atoms. The molecule has 0 aliphatic heterocycles. The van der Waals surface area contributed by atoms with E-state index in [1.807, 2.05) is 46.9 Å². The van der Waals surface area contributed by atoms with Crippen LogP contribution in [0.3, 0.4) is 0 Å². The van der Waals surface area contributed by atoms with Gasteiger partial charge in [0.1, 0.15) is 5.60 Å². The lowest BCUT2D eigenvalue weighted by molar-refractivity contribution is 0.0636. The Hall–Kier alpha value is -1.55. The molecule has 0 spiro atoms. The number of carbonyl (C=O) groups is 1. The van der Waals surface area contributed by atoms with Crippen molar-refractivity contribution in [1.29, 1.82) is 0 Å². The second kappa shape index (κ2) is 6.57. The molecule has 1 amide bonds. The number of rotatable bonds is 4. The number of hydrogen-bond acceptors (Lipinski definition) is 3. The molecule has 1 aromatic rings. The number of hydrogen-bond donors (Lipinski definition) is 2. The largest absolute Gasteiger partial charge is 0.444 e. The zero-order chi connectivity index (χ0) is 14.5. The first-order chi connectivity index (χ1) is 8.81. The molecule has 0 saturated heterocycles. The van der Waals surface area contributed by atoms with Gasteiger partial charge in [-0.1, -0.05) is 12.1 Å². The molecule has 0 aliphatic carbocycles. The molecule has 0 aliphatic rings. The minimum absolute atomic E-state index is 0.415. The van der Waals surface area contributed by atoms with E-state index in [1.54, 1.807) is 0 Å². The van der Waals surface area contributed by atoms with Gasteiger partial charge in [0.05, 0.1) is 0 Å². The molecular weight excluding hydrogens is 240 g/mol. The highest BCUT2D eigenvalue weighted by Crippen LogP contribution is 2.18. The van der Waals surface area contributed by atoms with Crippen LogP contribution >= 0.6 is 0 Å². The van der Waals surface area contributed by atoms with Crippen LogP contribution in [0, 0.1) is 6.92 Å². The fraction of sp³-hybridized carbons (Fsp3) is 0.533. The minimum Gasteiger partial charge on any atom is -0.444 e. The standard InChI is InChI=1S/C15H24N2O2/c1-11-6-7-12(8-9-16-5)10-13(11)17-14(18)19-15(2,3)4/h6-7,10,16H,8-9H2,1-5H3,(H,17,18). The summed E-state index contributed by atoms with van der Waals surface area (Å²) in [4.78, 5) is 11.8. The van der Waals surface area contributed by atoms with Crippen LogP contribution < -0.4 is 10.6 Å². The van der Waals surface area contributed by atoms with Crippen LogP contribution in [0.4, 0.5) is 10.5 Å². The van der Waals surface area contributed by atoms with Crippen LogP contribution in [0.25, 0.3) is 0 Å². The van der Waals surface area contributed by atoms with Gasteiger partial charge >= 0.3 is 6.09 Å². The van der Waals surface area contributed by atoms with Crippen molar-refractivity contribution in [3.63, 3.8) is 0 Å². The first kappa shape index (κ1) is 15.5. The molecule has 0 heterocycles. The summed E-state index contributed by atoms with van der Waals surface area (Å²) in [6.07, 6.45) is 0.515. The molecular formula is C15H24N2O2. The van der Waals surface area contributed by atoms with E-state index < -0.39 is 11.7 Å². The zero-order valence-corrected chi connectivity index (χ0v) is 12.5. The Balaban J connectivity index is 2.73. The summed E-state index contributed by atoms with van der Waals surface area (Å²) in [7, 11) is 1.92. The monoisotopic (exact) mass is 264 g/mol. The number of amides is 1. The highest BCUT2D eigenvalue weighted by atomic mass is 16.6. The highest BCUT2D eigenvalue weighted by Gasteiger charge is 2.16. The van der Waals surface area contributed by atoms with Gasteiger partial charge in [-0.25, -0.2) is 4.79 Å². The van der Waals surface area contributed by atoms with E-state index in [0.717, 1.165) is 24.2 Å². The summed E-state index contributed by atoms with van der Waals surface area (Å²) in [5.74, 6) is 0. The number of anilines is 1. The second-order valence-electron chi connectivity index (χ2n) is 5.63. The van der Waals surface area contributed by atoms with Gasteiger partial charge in [0.15, 0.2) is 0 Å². The lowest BCUT2D eigenvalue weighted by Crippen LogP contribution is -2.27. The van der Waals surface area contributed by atoms with Gasteiger partial charge in [0.2, 0.25) is 0 Å². The number of benzene rings is 1. The summed E-state index contributed by atoms with van der Waals surface area (Å²) < 4.78 is 5.26. The molecule has 1 aromatic carbocycles. The van der Waals surface area contributed by atoms with E-state index >= 15 is 0 Å². The Labute approximate surface area is 115 Å². The number of nitrogens with one attached hydrogen (secondary N) is 2. The molecule has 0 fully saturated rings. The maximum atomic E-state index is 11.8. The molecule has 4 heteroatoms. The Kier molecular flexibility index (Phi) is 5.36. The molecule has 106 valence electrons. The summed E-state index contributed by atoms with van der Waals surface area (Å²) in [6.45, 7) is 8.43. The van der Waals surface area contributed by atoms with E-state index in [0.29, 0.717) is 0 Å². The van der Waals surface area contributed by atoms with Crippen molar-refractivity contribution >= 4 is 11.8 Å². The fourth-order valence-corrected chi connectivity index (χ4v) is 1.64.